The molecule has 1 unspecified atom stereocenters. The van der Waals surface area contributed by atoms with Gasteiger partial charge in [-0.25, -0.2) is 9.97 Å². The van der Waals surface area contributed by atoms with Gasteiger partial charge in [0, 0.05) is 37.4 Å². The van der Waals surface area contributed by atoms with Crippen LogP contribution in [0.5, 0.6) is 0 Å². The number of aromatic nitrogens is 2. The van der Waals surface area contributed by atoms with Gasteiger partial charge in [-0.2, -0.15) is 0 Å². The van der Waals surface area contributed by atoms with E-state index in [1.165, 1.54) is 11.3 Å². The first-order valence-corrected chi connectivity index (χ1v) is 8.69. The summed E-state index contributed by atoms with van der Waals surface area (Å²) >= 11 is 0. The number of morpholine rings is 1. The van der Waals surface area contributed by atoms with Crippen LogP contribution in [0, 0.1) is 0 Å². The molecule has 4 heterocycles. The number of anilines is 1. The van der Waals surface area contributed by atoms with Gasteiger partial charge >= 0.3 is 0 Å². The summed E-state index contributed by atoms with van der Waals surface area (Å²) in [4.78, 5) is 14.4. The van der Waals surface area contributed by atoms with Crippen LogP contribution in [0.1, 0.15) is 31.5 Å². The third-order valence-electron chi connectivity index (χ3n) is 5.40. The number of likely N-dealkylation sites (tertiary alicyclic amines) is 1. The van der Waals surface area contributed by atoms with Gasteiger partial charge in [0.15, 0.2) is 0 Å². The van der Waals surface area contributed by atoms with Crippen molar-refractivity contribution < 1.29 is 9.47 Å². The van der Waals surface area contributed by atoms with Crippen LogP contribution < -0.4 is 4.90 Å². The first-order chi connectivity index (χ1) is 11.2. The van der Waals surface area contributed by atoms with Gasteiger partial charge in [0.05, 0.1) is 37.5 Å². The molecule has 2 saturated heterocycles. The van der Waals surface area contributed by atoms with Crippen molar-refractivity contribution in [3.05, 3.63) is 17.5 Å². The molecule has 3 aliphatic rings. The Morgan fingerprint density at radius 1 is 1.17 bits per heavy atom. The van der Waals surface area contributed by atoms with Gasteiger partial charge in [-0.05, 0) is 26.8 Å². The Balaban J connectivity index is 1.66. The second-order valence-electron chi connectivity index (χ2n) is 7.23. The van der Waals surface area contributed by atoms with Crippen molar-refractivity contribution in [1.82, 2.24) is 14.9 Å². The maximum absolute atomic E-state index is 5.91. The SMILES string of the molecule is CC(C)N1CCC2(COCc3cnc(N4CCOCC4)nc32)C1. The highest BCUT2D eigenvalue weighted by Crippen LogP contribution is 2.40. The van der Waals surface area contributed by atoms with Crippen molar-refractivity contribution in [2.45, 2.75) is 38.3 Å². The minimum absolute atomic E-state index is 0.0435. The zero-order valence-electron chi connectivity index (χ0n) is 14.1. The third kappa shape index (κ3) is 2.73. The molecule has 3 aliphatic heterocycles. The first kappa shape index (κ1) is 15.3. The molecule has 6 nitrogen and oxygen atoms in total. The summed E-state index contributed by atoms with van der Waals surface area (Å²) < 4.78 is 11.4. The Hall–Kier alpha value is -1.24. The number of fused-ring (bicyclic) bond motifs is 2. The van der Waals surface area contributed by atoms with E-state index in [0.717, 1.165) is 58.4 Å². The zero-order chi connectivity index (χ0) is 15.9. The minimum atomic E-state index is 0.0435. The van der Waals surface area contributed by atoms with Gasteiger partial charge in [0.25, 0.3) is 0 Å². The Morgan fingerprint density at radius 2 is 2.00 bits per heavy atom. The van der Waals surface area contributed by atoms with Crippen LogP contribution in [-0.2, 0) is 21.5 Å². The number of hydrogen-bond acceptors (Lipinski definition) is 6. The molecule has 0 bridgehead atoms. The van der Waals surface area contributed by atoms with E-state index in [4.69, 9.17) is 14.5 Å². The second kappa shape index (κ2) is 6.00. The molecule has 126 valence electrons. The van der Waals surface area contributed by atoms with E-state index in [-0.39, 0.29) is 5.41 Å². The van der Waals surface area contributed by atoms with Gasteiger partial charge < -0.3 is 14.4 Å². The predicted octanol–water partition coefficient (Wildman–Crippen LogP) is 1.20. The average Bonchev–Trinajstić information content (AvgIpc) is 3.01. The normalized spacial score (nSPS) is 28.6. The highest BCUT2D eigenvalue weighted by atomic mass is 16.5. The van der Waals surface area contributed by atoms with Crippen molar-refractivity contribution in [3.63, 3.8) is 0 Å². The van der Waals surface area contributed by atoms with Crippen molar-refractivity contribution in [1.29, 1.82) is 0 Å². The minimum Gasteiger partial charge on any atom is -0.378 e. The van der Waals surface area contributed by atoms with Gasteiger partial charge in [-0.15, -0.1) is 0 Å². The van der Waals surface area contributed by atoms with Crippen molar-refractivity contribution in [3.8, 4) is 0 Å². The van der Waals surface area contributed by atoms with Crippen LogP contribution in [0.2, 0.25) is 0 Å². The number of nitrogens with zero attached hydrogens (tertiary/aromatic N) is 4. The number of hydrogen-bond donors (Lipinski definition) is 0. The Morgan fingerprint density at radius 3 is 2.74 bits per heavy atom. The smallest absolute Gasteiger partial charge is 0.225 e. The zero-order valence-corrected chi connectivity index (χ0v) is 14.1. The summed E-state index contributed by atoms with van der Waals surface area (Å²) in [6.45, 7) is 11.4. The first-order valence-electron chi connectivity index (χ1n) is 8.69. The number of rotatable bonds is 2. The van der Waals surface area contributed by atoms with E-state index in [1.807, 2.05) is 6.20 Å². The lowest BCUT2D eigenvalue weighted by atomic mass is 9.80. The highest BCUT2D eigenvalue weighted by Gasteiger charge is 2.45. The molecule has 1 aromatic heterocycles. The molecule has 1 atom stereocenters. The molecule has 0 aromatic carbocycles. The molecule has 0 saturated carbocycles. The summed E-state index contributed by atoms with van der Waals surface area (Å²) in [5.41, 5.74) is 2.43. The van der Waals surface area contributed by atoms with E-state index in [9.17, 15) is 0 Å². The summed E-state index contributed by atoms with van der Waals surface area (Å²) in [5.74, 6) is 0.858. The topological polar surface area (TPSA) is 50.7 Å². The lowest BCUT2D eigenvalue weighted by molar-refractivity contribution is 0.0491. The lowest BCUT2D eigenvalue weighted by Crippen LogP contribution is -2.43. The number of ether oxygens (including phenoxy) is 2. The van der Waals surface area contributed by atoms with E-state index in [2.05, 4.69) is 28.6 Å². The van der Waals surface area contributed by atoms with E-state index in [0.29, 0.717) is 12.6 Å². The Kier molecular flexibility index (Phi) is 3.99. The molecule has 6 heteroatoms. The predicted molar refractivity (Wildman–Crippen MR) is 87.7 cm³/mol. The molecule has 2 fully saturated rings. The summed E-state index contributed by atoms with van der Waals surface area (Å²) in [7, 11) is 0. The Bertz CT molecular complexity index is 574. The maximum atomic E-state index is 5.91. The molecular formula is C17H26N4O2. The standard InChI is InChI=1S/C17H26N4O2/c1-13(2)21-4-3-17(11-21)12-23-10-14-9-18-16(19-15(14)17)20-5-7-22-8-6-20/h9,13H,3-8,10-12H2,1-2H3. The van der Waals surface area contributed by atoms with Crippen LogP contribution in [0.4, 0.5) is 5.95 Å². The van der Waals surface area contributed by atoms with Crippen molar-refractivity contribution in [2.75, 3.05) is 50.9 Å². The summed E-state index contributed by atoms with van der Waals surface area (Å²) in [6, 6.07) is 0.570. The largest absolute Gasteiger partial charge is 0.378 e. The lowest BCUT2D eigenvalue weighted by Gasteiger charge is -2.36. The Labute approximate surface area is 137 Å². The molecule has 0 aliphatic carbocycles. The van der Waals surface area contributed by atoms with E-state index in [1.54, 1.807) is 0 Å². The second-order valence-corrected chi connectivity index (χ2v) is 7.23. The van der Waals surface area contributed by atoms with Crippen LogP contribution in [0.25, 0.3) is 0 Å². The molecule has 4 rings (SSSR count). The van der Waals surface area contributed by atoms with E-state index >= 15 is 0 Å². The quantitative estimate of drug-likeness (QED) is 0.817. The van der Waals surface area contributed by atoms with Crippen LogP contribution in [0.15, 0.2) is 6.20 Å². The maximum Gasteiger partial charge on any atom is 0.225 e. The van der Waals surface area contributed by atoms with Crippen LogP contribution >= 0.6 is 0 Å². The van der Waals surface area contributed by atoms with Crippen molar-refractivity contribution >= 4 is 5.95 Å². The molecule has 0 amide bonds. The fraction of sp³-hybridized carbons (Fsp3) is 0.765. The molecule has 0 N–H and O–H groups in total. The fourth-order valence-electron chi connectivity index (χ4n) is 3.96. The van der Waals surface area contributed by atoms with E-state index < -0.39 is 0 Å². The molecule has 1 aromatic rings. The van der Waals surface area contributed by atoms with Gasteiger partial charge in [0.1, 0.15) is 0 Å². The van der Waals surface area contributed by atoms with Crippen LogP contribution in [0.3, 0.4) is 0 Å². The van der Waals surface area contributed by atoms with Gasteiger partial charge in [-0.3, -0.25) is 4.90 Å². The van der Waals surface area contributed by atoms with Gasteiger partial charge in [0.2, 0.25) is 5.95 Å². The fourth-order valence-corrected chi connectivity index (χ4v) is 3.96. The molecular weight excluding hydrogens is 292 g/mol. The average molecular weight is 318 g/mol. The summed E-state index contributed by atoms with van der Waals surface area (Å²) in [6.07, 6.45) is 3.10. The van der Waals surface area contributed by atoms with Crippen molar-refractivity contribution in [2.24, 2.45) is 0 Å². The molecule has 23 heavy (non-hydrogen) atoms. The molecule has 1 spiro atoms. The van der Waals surface area contributed by atoms with Crippen LogP contribution in [-0.4, -0.2) is 66.9 Å². The summed E-state index contributed by atoms with van der Waals surface area (Å²) in [5, 5.41) is 0. The monoisotopic (exact) mass is 318 g/mol. The molecule has 0 radical (unpaired) electrons. The van der Waals surface area contributed by atoms with Gasteiger partial charge in [-0.1, -0.05) is 0 Å². The third-order valence-corrected chi connectivity index (χ3v) is 5.40. The highest BCUT2D eigenvalue weighted by molar-refractivity contribution is 5.38.